The van der Waals surface area contributed by atoms with Gasteiger partial charge in [0.1, 0.15) is 17.6 Å². The first-order chi connectivity index (χ1) is 13.4. The van der Waals surface area contributed by atoms with Gasteiger partial charge in [0.05, 0.1) is 12.2 Å². The van der Waals surface area contributed by atoms with Gasteiger partial charge in [-0.05, 0) is 49.1 Å². The molecular formula is C22H27FN2O3. The van der Waals surface area contributed by atoms with E-state index in [0.29, 0.717) is 30.9 Å². The fourth-order valence-electron chi connectivity index (χ4n) is 2.78. The first kappa shape index (κ1) is 21.4. The molecule has 0 aliphatic rings. The van der Waals surface area contributed by atoms with E-state index in [4.69, 9.17) is 4.74 Å². The number of halogens is 1. The van der Waals surface area contributed by atoms with Crippen molar-refractivity contribution in [3.63, 3.8) is 0 Å². The number of para-hydroxylation sites is 1. The van der Waals surface area contributed by atoms with Gasteiger partial charge in [-0.2, -0.15) is 0 Å². The smallest absolute Gasteiger partial charge is 0.255 e. The van der Waals surface area contributed by atoms with E-state index in [9.17, 15) is 14.0 Å². The van der Waals surface area contributed by atoms with Gasteiger partial charge in [-0.25, -0.2) is 4.39 Å². The molecule has 0 bridgehead atoms. The van der Waals surface area contributed by atoms with Crippen LogP contribution < -0.4 is 15.4 Å². The number of nitrogens with one attached hydrogen (secondary N) is 2. The highest BCUT2D eigenvalue weighted by molar-refractivity contribution is 5.99. The predicted octanol–water partition coefficient (Wildman–Crippen LogP) is 3.34. The van der Waals surface area contributed by atoms with Crippen molar-refractivity contribution in [1.82, 2.24) is 10.6 Å². The van der Waals surface area contributed by atoms with Crippen molar-refractivity contribution in [3.05, 3.63) is 65.5 Å². The maximum atomic E-state index is 13.0. The quantitative estimate of drug-likeness (QED) is 0.695. The lowest BCUT2D eigenvalue weighted by Gasteiger charge is -2.22. The first-order valence-electron chi connectivity index (χ1n) is 9.47. The third-order valence-electron chi connectivity index (χ3n) is 4.29. The van der Waals surface area contributed by atoms with Crippen LogP contribution in [0.25, 0.3) is 0 Å². The molecule has 0 saturated carbocycles. The molecule has 0 aromatic heterocycles. The third kappa shape index (κ3) is 6.08. The summed E-state index contributed by atoms with van der Waals surface area (Å²) >= 11 is 0. The minimum Gasteiger partial charge on any atom is -0.493 e. The van der Waals surface area contributed by atoms with Crippen LogP contribution in [0.4, 0.5) is 4.39 Å². The van der Waals surface area contributed by atoms with Gasteiger partial charge in [0, 0.05) is 6.54 Å². The number of carbonyl (C=O) groups excluding carboxylic acids is 2. The molecule has 2 aromatic carbocycles. The second kappa shape index (κ2) is 10.4. The van der Waals surface area contributed by atoms with E-state index in [1.165, 1.54) is 12.1 Å². The maximum absolute atomic E-state index is 13.0. The van der Waals surface area contributed by atoms with E-state index in [2.05, 4.69) is 10.6 Å². The zero-order valence-corrected chi connectivity index (χ0v) is 16.5. The SMILES string of the molecule is CCOc1ccccc1C(=O)N[C@H](C(=O)NCCc1ccc(F)cc1)C(C)C. The summed E-state index contributed by atoms with van der Waals surface area (Å²) in [5.74, 6) is -0.491. The van der Waals surface area contributed by atoms with Gasteiger partial charge in [0.15, 0.2) is 0 Å². The molecule has 0 unspecified atom stereocenters. The van der Waals surface area contributed by atoms with Gasteiger partial charge in [-0.1, -0.05) is 38.1 Å². The number of rotatable bonds is 9. The number of hydrogen-bond acceptors (Lipinski definition) is 3. The lowest BCUT2D eigenvalue weighted by Crippen LogP contribution is -2.50. The summed E-state index contributed by atoms with van der Waals surface area (Å²) in [7, 11) is 0. The normalized spacial score (nSPS) is 11.8. The summed E-state index contributed by atoms with van der Waals surface area (Å²) in [6.07, 6.45) is 0.581. The van der Waals surface area contributed by atoms with Crippen LogP contribution in [0.15, 0.2) is 48.5 Å². The molecule has 0 heterocycles. The van der Waals surface area contributed by atoms with Crippen LogP contribution >= 0.6 is 0 Å². The van der Waals surface area contributed by atoms with Gasteiger partial charge < -0.3 is 15.4 Å². The molecule has 0 aliphatic carbocycles. The highest BCUT2D eigenvalue weighted by atomic mass is 19.1. The van der Waals surface area contributed by atoms with E-state index >= 15 is 0 Å². The monoisotopic (exact) mass is 386 g/mol. The minimum absolute atomic E-state index is 0.0889. The van der Waals surface area contributed by atoms with Crippen LogP contribution in [0.3, 0.4) is 0 Å². The number of benzene rings is 2. The Morgan fingerprint density at radius 3 is 2.39 bits per heavy atom. The summed E-state index contributed by atoms with van der Waals surface area (Å²) < 4.78 is 18.4. The summed E-state index contributed by atoms with van der Waals surface area (Å²) in [5.41, 5.74) is 1.33. The van der Waals surface area contributed by atoms with E-state index < -0.39 is 6.04 Å². The van der Waals surface area contributed by atoms with Crippen molar-refractivity contribution in [2.75, 3.05) is 13.2 Å². The standard InChI is InChI=1S/C22H27FN2O3/c1-4-28-19-8-6-5-7-18(19)21(26)25-20(15(2)3)22(27)24-14-13-16-9-11-17(23)12-10-16/h5-12,15,20H,4,13-14H2,1-3H3,(H,24,27)(H,25,26)/t20-/m0/s1. The number of hydrogen-bond donors (Lipinski definition) is 2. The van der Waals surface area contributed by atoms with E-state index in [0.717, 1.165) is 5.56 Å². The molecule has 0 radical (unpaired) electrons. The third-order valence-corrected chi connectivity index (χ3v) is 4.29. The van der Waals surface area contributed by atoms with Crippen molar-refractivity contribution < 1.29 is 18.7 Å². The molecule has 28 heavy (non-hydrogen) atoms. The van der Waals surface area contributed by atoms with Crippen molar-refractivity contribution in [3.8, 4) is 5.75 Å². The molecule has 0 spiro atoms. The molecule has 150 valence electrons. The Morgan fingerprint density at radius 1 is 1.07 bits per heavy atom. The van der Waals surface area contributed by atoms with Gasteiger partial charge in [0.25, 0.3) is 5.91 Å². The van der Waals surface area contributed by atoms with Crippen LogP contribution in [0, 0.1) is 11.7 Å². The largest absolute Gasteiger partial charge is 0.493 e. The second-order valence-electron chi connectivity index (χ2n) is 6.79. The summed E-state index contributed by atoms with van der Waals surface area (Å²) in [5, 5.41) is 5.65. The van der Waals surface area contributed by atoms with E-state index in [1.54, 1.807) is 36.4 Å². The van der Waals surface area contributed by atoms with Gasteiger partial charge in [-0.3, -0.25) is 9.59 Å². The second-order valence-corrected chi connectivity index (χ2v) is 6.79. The molecule has 2 amide bonds. The Kier molecular flexibility index (Phi) is 7.99. The lowest BCUT2D eigenvalue weighted by molar-refractivity contribution is -0.123. The summed E-state index contributed by atoms with van der Waals surface area (Å²) in [6, 6.07) is 12.4. The Hall–Kier alpha value is -2.89. The zero-order chi connectivity index (χ0) is 20.5. The predicted molar refractivity (Wildman–Crippen MR) is 107 cm³/mol. The highest BCUT2D eigenvalue weighted by Crippen LogP contribution is 2.18. The topological polar surface area (TPSA) is 67.4 Å². The molecule has 2 N–H and O–H groups in total. The van der Waals surface area contributed by atoms with Crippen LogP contribution in [-0.4, -0.2) is 31.0 Å². The molecule has 0 aliphatic heterocycles. The van der Waals surface area contributed by atoms with E-state index in [1.807, 2.05) is 20.8 Å². The van der Waals surface area contributed by atoms with Crippen LogP contribution in [-0.2, 0) is 11.2 Å². The number of carbonyl (C=O) groups is 2. The number of ether oxygens (including phenoxy) is 1. The molecular weight excluding hydrogens is 359 g/mol. The van der Waals surface area contributed by atoms with Gasteiger partial charge in [-0.15, -0.1) is 0 Å². The molecule has 2 rings (SSSR count). The molecule has 2 aromatic rings. The average Bonchev–Trinajstić information content (AvgIpc) is 2.67. The van der Waals surface area contributed by atoms with Crippen LogP contribution in [0.2, 0.25) is 0 Å². The Bertz CT molecular complexity index is 791. The van der Waals surface area contributed by atoms with Crippen molar-refractivity contribution in [1.29, 1.82) is 0 Å². The highest BCUT2D eigenvalue weighted by Gasteiger charge is 2.25. The van der Waals surface area contributed by atoms with E-state index in [-0.39, 0.29) is 23.5 Å². The zero-order valence-electron chi connectivity index (χ0n) is 16.5. The van der Waals surface area contributed by atoms with Gasteiger partial charge >= 0.3 is 0 Å². The Labute approximate surface area is 165 Å². The summed E-state index contributed by atoms with van der Waals surface area (Å²) in [6.45, 7) is 6.44. The fraction of sp³-hybridized carbons (Fsp3) is 0.364. The van der Waals surface area contributed by atoms with Crippen molar-refractivity contribution in [2.24, 2.45) is 5.92 Å². The first-order valence-corrected chi connectivity index (χ1v) is 9.47. The maximum Gasteiger partial charge on any atom is 0.255 e. The average molecular weight is 386 g/mol. The van der Waals surface area contributed by atoms with Gasteiger partial charge in [0.2, 0.25) is 5.91 Å². The molecule has 6 heteroatoms. The Morgan fingerprint density at radius 2 is 1.75 bits per heavy atom. The fourth-order valence-corrected chi connectivity index (χ4v) is 2.78. The van der Waals surface area contributed by atoms with Crippen molar-refractivity contribution >= 4 is 11.8 Å². The van der Waals surface area contributed by atoms with Crippen molar-refractivity contribution in [2.45, 2.75) is 33.2 Å². The summed E-state index contributed by atoms with van der Waals surface area (Å²) in [4.78, 5) is 25.3. The van der Waals surface area contributed by atoms with Crippen LogP contribution in [0.1, 0.15) is 36.7 Å². The molecule has 5 nitrogen and oxygen atoms in total. The minimum atomic E-state index is -0.671. The van der Waals surface area contributed by atoms with Crippen LogP contribution in [0.5, 0.6) is 5.75 Å². The number of amides is 2. The molecule has 0 saturated heterocycles. The lowest BCUT2D eigenvalue weighted by atomic mass is 10.0. The molecule has 1 atom stereocenters. The molecule has 0 fully saturated rings. The Balaban J connectivity index is 1.97.